The van der Waals surface area contributed by atoms with E-state index in [0.29, 0.717) is 6.04 Å². The number of aryl methyl sites for hydroxylation is 1. The van der Waals surface area contributed by atoms with Crippen molar-refractivity contribution in [1.29, 1.82) is 0 Å². The average Bonchev–Trinajstić information content (AvgIpc) is 2.53. The maximum atomic E-state index is 3.79. The van der Waals surface area contributed by atoms with E-state index in [2.05, 4.69) is 55.2 Å². The Bertz CT molecular complexity index is 404. The van der Waals surface area contributed by atoms with Crippen LogP contribution in [0.25, 0.3) is 0 Å². The molecule has 0 spiro atoms. The summed E-state index contributed by atoms with van der Waals surface area (Å²) >= 11 is 2.12. The first-order valence-electron chi connectivity index (χ1n) is 8.74. The molecule has 1 aromatic rings. The number of hydrogen-bond acceptors (Lipinski definition) is 2. The highest BCUT2D eigenvalue weighted by molar-refractivity contribution is 7.99. The molecular formula is C19H31NS. The highest BCUT2D eigenvalue weighted by Gasteiger charge is 2.22. The van der Waals surface area contributed by atoms with Gasteiger partial charge in [-0.15, -0.1) is 0 Å². The zero-order valence-corrected chi connectivity index (χ0v) is 14.6. The predicted octanol–water partition coefficient (Wildman–Crippen LogP) is 5.01. The zero-order chi connectivity index (χ0) is 14.9. The molecule has 2 heteroatoms. The molecule has 1 aromatic carbocycles. The molecule has 0 aromatic heterocycles. The van der Waals surface area contributed by atoms with Gasteiger partial charge in [0, 0.05) is 11.8 Å². The highest BCUT2D eigenvalue weighted by Crippen LogP contribution is 2.35. The predicted molar refractivity (Wildman–Crippen MR) is 96.4 cm³/mol. The van der Waals surface area contributed by atoms with E-state index in [1.807, 2.05) is 0 Å². The van der Waals surface area contributed by atoms with Gasteiger partial charge in [-0.25, -0.2) is 0 Å². The summed E-state index contributed by atoms with van der Waals surface area (Å²) < 4.78 is 0. The topological polar surface area (TPSA) is 12.0 Å². The number of thioether (sulfide) groups is 1. The van der Waals surface area contributed by atoms with Crippen LogP contribution in [0.3, 0.4) is 0 Å². The lowest BCUT2D eigenvalue weighted by Crippen LogP contribution is -2.34. The molecule has 2 unspecified atom stereocenters. The quantitative estimate of drug-likeness (QED) is 0.644. The molecule has 1 N–H and O–H groups in total. The molecule has 0 fully saturated rings. The first-order chi connectivity index (χ1) is 10.3. The van der Waals surface area contributed by atoms with E-state index in [0.717, 1.165) is 12.5 Å². The summed E-state index contributed by atoms with van der Waals surface area (Å²) in [5.74, 6) is 3.34. The lowest BCUT2D eigenvalue weighted by molar-refractivity contribution is 0.434. The van der Waals surface area contributed by atoms with Crippen molar-refractivity contribution in [3.8, 4) is 0 Å². The fourth-order valence-corrected chi connectivity index (χ4v) is 4.37. The minimum atomic E-state index is 0.678. The van der Waals surface area contributed by atoms with Crippen LogP contribution < -0.4 is 5.32 Å². The van der Waals surface area contributed by atoms with Crippen LogP contribution >= 0.6 is 11.8 Å². The van der Waals surface area contributed by atoms with E-state index >= 15 is 0 Å². The van der Waals surface area contributed by atoms with E-state index in [1.54, 1.807) is 11.1 Å². The third kappa shape index (κ3) is 5.34. The van der Waals surface area contributed by atoms with Crippen LogP contribution in [0.4, 0.5) is 0 Å². The van der Waals surface area contributed by atoms with Crippen LogP contribution in [-0.4, -0.2) is 24.1 Å². The van der Waals surface area contributed by atoms with Crippen molar-refractivity contribution < 1.29 is 0 Å². The van der Waals surface area contributed by atoms with Gasteiger partial charge in [0.05, 0.1) is 0 Å². The van der Waals surface area contributed by atoms with Crippen molar-refractivity contribution in [3.63, 3.8) is 0 Å². The molecule has 21 heavy (non-hydrogen) atoms. The number of benzene rings is 1. The second-order valence-corrected chi connectivity index (χ2v) is 7.40. The van der Waals surface area contributed by atoms with Gasteiger partial charge in [0.15, 0.2) is 0 Å². The molecule has 0 saturated carbocycles. The smallest absolute Gasteiger partial charge is 0.0164 e. The van der Waals surface area contributed by atoms with Crippen molar-refractivity contribution >= 4 is 11.8 Å². The van der Waals surface area contributed by atoms with E-state index in [1.165, 1.54) is 50.0 Å². The van der Waals surface area contributed by atoms with Crippen LogP contribution in [0.2, 0.25) is 0 Å². The lowest BCUT2D eigenvalue weighted by atomic mass is 9.80. The molecule has 0 amide bonds. The summed E-state index contributed by atoms with van der Waals surface area (Å²) in [6, 6.07) is 9.80. The Morgan fingerprint density at radius 3 is 2.90 bits per heavy atom. The fourth-order valence-electron chi connectivity index (χ4n) is 3.37. The molecular weight excluding hydrogens is 274 g/mol. The van der Waals surface area contributed by atoms with Gasteiger partial charge >= 0.3 is 0 Å². The summed E-state index contributed by atoms with van der Waals surface area (Å²) in [4.78, 5) is 0. The molecule has 1 nitrogen and oxygen atoms in total. The summed E-state index contributed by atoms with van der Waals surface area (Å²) in [7, 11) is 0. The van der Waals surface area contributed by atoms with Gasteiger partial charge < -0.3 is 5.32 Å². The minimum Gasteiger partial charge on any atom is -0.313 e. The van der Waals surface area contributed by atoms with Crippen molar-refractivity contribution in [3.05, 3.63) is 35.4 Å². The Morgan fingerprint density at radius 2 is 2.10 bits per heavy atom. The third-order valence-electron chi connectivity index (χ3n) is 4.41. The number of fused-ring (bicyclic) bond motifs is 1. The van der Waals surface area contributed by atoms with Gasteiger partial charge in [0.1, 0.15) is 0 Å². The Kier molecular flexibility index (Phi) is 7.66. The fraction of sp³-hybridized carbons (Fsp3) is 0.684. The molecule has 118 valence electrons. The average molecular weight is 306 g/mol. The van der Waals surface area contributed by atoms with Gasteiger partial charge in [-0.1, -0.05) is 38.1 Å². The van der Waals surface area contributed by atoms with Crippen molar-refractivity contribution in [1.82, 2.24) is 5.32 Å². The summed E-state index contributed by atoms with van der Waals surface area (Å²) in [6.45, 7) is 5.70. The van der Waals surface area contributed by atoms with Crippen LogP contribution in [-0.2, 0) is 6.42 Å². The number of nitrogens with one attached hydrogen (secondary N) is 1. The van der Waals surface area contributed by atoms with Crippen LogP contribution in [0, 0.1) is 0 Å². The van der Waals surface area contributed by atoms with Gasteiger partial charge in [-0.2, -0.15) is 11.8 Å². The van der Waals surface area contributed by atoms with Crippen LogP contribution in [0.5, 0.6) is 0 Å². The molecule has 1 aliphatic rings. The molecule has 2 atom stereocenters. The molecule has 0 radical (unpaired) electrons. The number of rotatable bonds is 9. The molecule has 0 aliphatic heterocycles. The van der Waals surface area contributed by atoms with Crippen LogP contribution in [0.15, 0.2) is 24.3 Å². The second kappa shape index (κ2) is 9.53. The van der Waals surface area contributed by atoms with E-state index in [9.17, 15) is 0 Å². The Labute approximate surface area is 135 Å². The van der Waals surface area contributed by atoms with Gasteiger partial charge in [-0.05, 0) is 67.9 Å². The summed E-state index contributed by atoms with van der Waals surface area (Å²) in [5.41, 5.74) is 3.23. The maximum Gasteiger partial charge on any atom is 0.0164 e. The molecule has 1 aliphatic carbocycles. The second-order valence-electron chi connectivity index (χ2n) is 6.25. The van der Waals surface area contributed by atoms with Gasteiger partial charge in [-0.3, -0.25) is 0 Å². The largest absolute Gasteiger partial charge is 0.313 e. The molecule has 0 bridgehead atoms. The van der Waals surface area contributed by atoms with Gasteiger partial charge in [0.2, 0.25) is 0 Å². The van der Waals surface area contributed by atoms with E-state index in [-0.39, 0.29) is 0 Å². The van der Waals surface area contributed by atoms with Crippen LogP contribution in [0.1, 0.15) is 63.0 Å². The third-order valence-corrected chi connectivity index (χ3v) is 5.75. The zero-order valence-electron chi connectivity index (χ0n) is 13.7. The van der Waals surface area contributed by atoms with Crippen molar-refractivity contribution in [2.75, 3.05) is 18.1 Å². The Balaban J connectivity index is 1.95. The first-order valence-corrected chi connectivity index (χ1v) is 9.89. The minimum absolute atomic E-state index is 0.678. The van der Waals surface area contributed by atoms with E-state index in [4.69, 9.17) is 0 Å². The molecule has 0 heterocycles. The first kappa shape index (κ1) is 16.9. The van der Waals surface area contributed by atoms with E-state index < -0.39 is 0 Å². The maximum absolute atomic E-state index is 3.79. The summed E-state index contributed by atoms with van der Waals surface area (Å²) in [5, 5.41) is 3.79. The Hall–Kier alpha value is -0.470. The Morgan fingerprint density at radius 1 is 1.24 bits per heavy atom. The molecule has 0 saturated heterocycles. The standard InChI is InChI=1S/C19H31NS/c1-3-12-20-18(15-21-13-4-2)14-17-10-7-9-16-8-5-6-11-19(16)17/h5-6,8,11,17-18,20H,3-4,7,9-10,12-15H2,1-2H3. The van der Waals surface area contributed by atoms with Crippen molar-refractivity contribution in [2.24, 2.45) is 0 Å². The molecule has 2 rings (SSSR count). The van der Waals surface area contributed by atoms with Gasteiger partial charge in [0.25, 0.3) is 0 Å². The highest BCUT2D eigenvalue weighted by atomic mass is 32.2. The summed E-state index contributed by atoms with van der Waals surface area (Å²) in [6.07, 6.45) is 7.86. The monoisotopic (exact) mass is 305 g/mol. The number of hydrogen-bond donors (Lipinski definition) is 1. The normalized spacial score (nSPS) is 19.2. The lowest BCUT2D eigenvalue weighted by Gasteiger charge is -2.29. The van der Waals surface area contributed by atoms with Crippen molar-refractivity contribution in [2.45, 2.75) is 64.3 Å². The SMILES string of the molecule is CCCNC(CSCCC)CC1CCCc2ccccc21.